The lowest BCUT2D eigenvalue weighted by Gasteiger charge is -2.34. The van der Waals surface area contributed by atoms with E-state index >= 15 is 0 Å². The average molecular weight is 403 g/mol. The number of rotatable bonds is 6. The molecule has 7 heteroatoms. The molecule has 3 rings (SSSR count). The molecule has 1 fully saturated rings. The Morgan fingerprint density at radius 3 is 2.29 bits per heavy atom. The van der Waals surface area contributed by atoms with E-state index in [1.54, 1.807) is 24.0 Å². The van der Waals surface area contributed by atoms with Crippen molar-refractivity contribution in [3.8, 4) is 0 Å². The Morgan fingerprint density at radius 2 is 1.71 bits per heavy atom. The minimum atomic E-state index is -3.52. The highest BCUT2D eigenvalue weighted by Crippen LogP contribution is 2.31. The molecule has 1 unspecified atom stereocenters. The van der Waals surface area contributed by atoms with Crippen molar-refractivity contribution in [3.63, 3.8) is 0 Å². The molecule has 1 heterocycles. The van der Waals surface area contributed by atoms with Crippen LogP contribution in [0.15, 0.2) is 59.5 Å². The number of aliphatic hydroxyl groups is 1. The van der Waals surface area contributed by atoms with Crippen LogP contribution in [-0.4, -0.2) is 44.0 Å². The number of piperidine rings is 1. The topological polar surface area (TPSA) is 86.7 Å². The summed E-state index contributed by atoms with van der Waals surface area (Å²) in [5.74, 6) is 0.0131. The van der Waals surface area contributed by atoms with E-state index < -0.39 is 16.1 Å². The zero-order valence-electron chi connectivity index (χ0n) is 15.9. The summed E-state index contributed by atoms with van der Waals surface area (Å²) in [5, 5.41) is 10.6. The van der Waals surface area contributed by atoms with Crippen molar-refractivity contribution in [1.82, 2.24) is 9.62 Å². The number of benzene rings is 2. The predicted octanol–water partition coefficient (Wildman–Crippen LogP) is 2.57. The van der Waals surface area contributed by atoms with Gasteiger partial charge in [-0.25, -0.2) is 13.1 Å². The third-order valence-electron chi connectivity index (χ3n) is 5.16. The van der Waals surface area contributed by atoms with Crippen molar-refractivity contribution < 1.29 is 18.3 Å². The summed E-state index contributed by atoms with van der Waals surface area (Å²) < 4.78 is 26.4. The normalized spacial score (nSPS) is 16.7. The first-order chi connectivity index (χ1) is 13.4. The number of nitrogens with zero attached hydrogens (tertiary/aromatic N) is 1. The molecule has 150 valence electrons. The Hall–Kier alpha value is -2.22. The molecule has 2 aromatic carbocycles. The smallest absolute Gasteiger partial charge is 0.253 e. The van der Waals surface area contributed by atoms with Crippen LogP contribution in [-0.2, 0) is 10.0 Å². The van der Waals surface area contributed by atoms with E-state index in [0.29, 0.717) is 25.2 Å². The van der Waals surface area contributed by atoms with Gasteiger partial charge in [0.1, 0.15) is 0 Å². The Bertz CT molecular complexity index is 890. The Kier molecular flexibility index (Phi) is 6.49. The van der Waals surface area contributed by atoms with Crippen molar-refractivity contribution in [1.29, 1.82) is 0 Å². The van der Waals surface area contributed by atoms with Gasteiger partial charge in [0.05, 0.1) is 11.0 Å². The number of carbonyl (C=O) groups excluding carboxylic acids is 1. The van der Waals surface area contributed by atoms with Crippen LogP contribution in [0.3, 0.4) is 0 Å². The van der Waals surface area contributed by atoms with Crippen molar-refractivity contribution >= 4 is 15.9 Å². The lowest BCUT2D eigenvalue weighted by atomic mass is 9.87. The first kappa shape index (κ1) is 20.5. The number of aliphatic hydroxyl groups excluding tert-OH is 1. The molecule has 6 nitrogen and oxygen atoms in total. The van der Waals surface area contributed by atoms with Crippen LogP contribution in [0.4, 0.5) is 0 Å². The molecule has 1 atom stereocenters. The summed E-state index contributed by atoms with van der Waals surface area (Å²) in [5.41, 5.74) is 1.38. The number of hydrogen-bond donors (Lipinski definition) is 2. The second kappa shape index (κ2) is 8.86. The van der Waals surface area contributed by atoms with Crippen LogP contribution < -0.4 is 4.72 Å². The van der Waals surface area contributed by atoms with Crippen molar-refractivity contribution in [2.45, 2.75) is 30.8 Å². The summed E-state index contributed by atoms with van der Waals surface area (Å²) in [6.07, 6.45) is 0.942. The molecule has 28 heavy (non-hydrogen) atoms. The van der Waals surface area contributed by atoms with Crippen LogP contribution in [0, 0.1) is 5.92 Å². The van der Waals surface area contributed by atoms with E-state index in [4.69, 9.17) is 0 Å². The fourth-order valence-electron chi connectivity index (χ4n) is 3.57. The molecule has 0 radical (unpaired) electrons. The number of amides is 1. The standard InChI is InChI=1S/C21H26N2O4S/c1-2-22-28(26,27)19-10-8-18(9-11-19)21(25)23-14-12-17(13-15-23)20(24)16-6-4-3-5-7-16/h3-11,17,20,22,24H,2,12-15H2,1H3. The van der Waals surface area contributed by atoms with Crippen LogP contribution in [0.25, 0.3) is 0 Å². The number of hydrogen-bond acceptors (Lipinski definition) is 4. The van der Waals surface area contributed by atoms with Gasteiger partial charge in [-0.1, -0.05) is 37.3 Å². The lowest BCUT2D eigenvalue weighted by molar-refractivity contribution is 0.0462. The third kappa shape index (κ3) is 4.60. The molecule has 2 N–H and O–H groups in total. The van der Waals surface area contributed by atoms with Crippen molar-refractivity contribution in [3.05, 3.63) is 65.7 Å². The van der Waals surface area contributed by atoms with Crippen molar-refractivity contribution in [2.24, 2.45) is 5.92 Å². The second-order valence-corrected chi connectivity index (χ2v) is 8.78. The molecule has 0 aromatic heterocycles. The van der Waals surface area contributed by atoms with E-state index in [1.165, 1.54) is 12.1 Å². The van der Waals surface area contributed by atoms with Gasteiger partial charge >= 0.3 is 0 Å². The fraction of sp³-hybridized carbons (Fsp3) is 0.381. The first-order valence-corrected chi connectivity index (χ1v) is 11.0. The molecule has 0 spiro atoms. The summed E-state index contributed by atoms with van der Waals surface area (Å²) in [6, 6.07) is 15.6. The quantitative estimate of drug-likeness (QED) is 0.778. The minimum absolute atomic E-state index is 0.111. The molecule has 2 aromatic rings. The van der Waals surface area contributed by atoms with Gasteiger partial charge in [0.25, 0.3) is 5.91 Å². The number of nitrogens with one attached hydrogen (secondary N) is 1. The first-order valence-electron chi connectivity index (χ1n) is 9.54. The SMILES string of the molecule is CCNS(=O)(=O)c1ccc(C(=O)N2CCC(C(O)c3ccccc3)CC2)cc1. The molecular formula is C21H26N2O4S. The van der Waals surface area contributed by atoms with Crippen LogP contribution >= 0.6 is 0 Å². The summed E-state index contributed by atoms with van der Waals surface area (Å²) in [4.78, 5) is 14.6. The van der Waals surface area contributed by atoms with Gasteiger partial charge in [-0.15, -0.1) is 0 Å². The van der Waals surface area contributed by atoms with E-state index in [0.717, 1.165) is 18.4 Å². The van der Waals surface area contributed by atoms with Crippen LogP contribution in [0.1, 0.15) is 41.8 Å². The highest BCUT2D eigenvalue weighted by molar-refractivity contribution is 7.89. The summed E-state index contributed by atoms with van der Waals surface area (Å²) in [6.45, 7) is 3.18. The molecule has 0 aliphatic carbocycles. The molecule has 1 saturated heterocycles. The molecule has 1 amide bonds. The van der Waals surface area contributed by atoms with Gasteiger partial charge in [0, 0.05) is 25.2 Å². The van der Waals surface area contributed by atoms with E-state index in [1.807, 2.05) is 30.3 Å². The summed E-state index contributed by atoms with van der Waals surface area (Å²) >= 11 is 0. The van der Waals surface area contributed by atoms with Gasteiger partial charge in [-0.3, -0.25) is 4.79 Å². The number of sulfonamides is 1. The zero-order chi connectivity index (χ0) is 20.1. The molecule has 0 saturated carbocycles. The Balaban J connectivity index is 1.61. The number of likely N-dealkylation sites (tertiary alicyclic amines) is 1. The maximum Gasteiger partial charge on any atom is 0.253 e. The van der Waals surface area contributed by atoms with E-state index in [-0.39, 0.29) is 16.7 Å². The van der Waals surface area contributed by atoms with Crippen LogP contribution in [0.5, 0.6) is 0 Å². The van der Waals surface area contributed by atoms with Gasteiger partial charge in [-0.2, -0.15) is 0 Å². The third-order valence-corrected chi connectivity index (χ3v) is 6.72. The fourth-order valence-corrected chi connectivity index (χ4v) is 4.61. The lowest BCUT2D eigenvalue weighted by Crippen LogP contribution is -2.39. The molecular weight excluding hydrogens is 376 g/mol. The van der Waals surface area contributed by atoms with Gasteiger partial charge in [0.2, 0.25) is 10.0 Å². The maximum atomic E-state index is 12.7. The highest BCUT2D eigenvalue weighted by Gasteiger charge is 2.28. The van der Waals surface area contributed by atoms with E-state index in [9.17, 15) is 18.3 Å². The monoisotopic (exact) mass is 402 g/mol. The Morgan fingerprint density at radius 1 is 1.11 bits per heavy atom. The number of carbonyl (C=O) groups is 1. The van der Waals surface area contributed by atoms with Crippen molar-refractivity contribution in [2.75, 3.05) is 19.6 Å². The van der Waals surface area contributed by atoms with E-state index in [2.05, 4.69) is 4.72 Å². The highest BCUT2D eigenvalue weighted by atomic mass is 32.2. The largest absolute Gasteiger partial charge is 0.388 e. The molecule has 1 aliphatic rings. The maximum absolute atomic E-state index is 12.7. The molecule has 0 bridgehead atoms. The minimum Gasteiger partial charge on any atom is -0.388 e. The average Bonchev–Trinajstić information content (AvgIpc) is 2.73. The van der Waals surface area contributed by atoms with Gasteiger partial charge in [0.15, 0.2) is 0 Å². The van der Waals surface area contributed by atoms with Gasteiger partial charge in [-0.05, 0) is 48.6 Å². The second-order valence-electron chi connectivity index (χ2n) is 7.01. The molecule has 1 aliphatic heterocycles. The van der Waals surface area contributed by atoms with Crippen LogP contribution in [0.2, 0.25) is 0 Å². The Labute approximate surface area is 166 Å². The zero-order valence-corrected chi connectivity index (χ0v) is 16.7. The van der Waals surface area contributed by atoms with Gasteiger partial charge < -0.3 is 10.0 Å². The predicted molar refractivity (Wildman–Crippen MR) is 107 cm³/mol. The summed E-state index contributed by atoms with van der Waals surface area (Å²) in [7, 11) is -3.52.